The van der Waals surface area contributed by atoms with E-state index in [1.807, 2.05) is 48.5 Å². The first-order valence-electron chi connectivity index (χ1n) is 9.89. The van der Waals surface area contributed by atoms with Crippen LogP contribution in [0.2, 0.25) is 10.0 Å². The molecule has 2 atom stereocenters. The Hall–Kier alpha value is -2.27. The molecule has 0 saturated carbocycles. The lowest BCUT2D eigenvalue weighted by Crippen LogP contribution is -2.46. The number of hydrogen-bond acceptors (Lipinski definition) is 3. The van der Waals surface area contributed by atoms with Crippen molar-refractivity contribution in [2.45, 2.75) is 18.7 Å². The van der Waals surface area contributed by atoms with Gasteiger partial charge in [0.2, 0.25) is 0 Å². The van der Waals surface area contributed by atoms with Crippen LogP contribution in [-0.4, -0.2) is 31.0 Å². The third kappa shape index (κ3) is 4.56. The lowest BCUT2D eigenvalue weighted by atomic mass is 9.98. The van der Waals surface area contributed by atoms with Crippen molar-refractivity contribution in [1.29, 1.82) is 0 Å². The molecule has 3 aromatic carbocycles. The highest BCUT2D eigenvalue weighted by atomic mass is 35.5. The summed E-state index contributed by atoms with van der Waals surface area (Å²) in [6.45, 7) is 0.777. The Kier molecular flexibility index (Phi) is 6.47. The molecule has 3 aromatic rings. The van der Waals surface area contributed by atoms with Crippen LogP contribution in [0.5, 0.6) is 0 Å². The highest BCUT2D eigenvalue weighted by molar-refractivity contribution is 6.34. The summed E-state index contributed by atoms with van der Waals surface area (Å²) in [5.41, 5.74) is 4.14. The number of halogens is 3. The molecule has 0 unspecified atom stereocenters. The molecule has 0 amide bonds. The minimum absolute atomic E-state index is 0.0306. The Labute approximate surface area is 186 Å². The van der Waals surface area contributed by atoms with E-state index in [1.165, 1.54) is 0 Å². The molecule has 4 rings (SSSR count). The minimum Gasteiger partial charge on any atom is -0.389 e. The standard InChI is InChI=1S/C24H23Cl2FN2O/c25-19-10-17(11-20(26)12-19)14-28-16-24(18-6-2-1-3-7-18)29(15-21(30)13-27)23-9-5-4-8-22(23)28/h1-12,21,24,30H,13-16H2/t21-,24-/m0/s1. The van der Waals surface area contributed by atoms with Crippen LogP contribution in [0.1, 0.15) is 17.2 Å². The molecule has 3 nitrogen and oxygen atoms in total. The summed E-state index contributed by atoms with van der Waals surface area (Å²) < 4.78 is 13.2. The summed E-state index contributed by atoms with van der Waals surface area (Å²) in [6, 6.07) is 23.7. The maximum atomic E-state index is 13.2. The number of alkyl halides is 1. The average Bonchev–Trinajstić information content (AvgIpc) is 2.75. The number of para-hydroxylation sites is 2. The zero-order chi connectivity index (χ0) is 21.1. The molecule has 0 aromatic heterocycles. The SMILES string of the molecule is O[C@@H](CF)CN1c2ccccc2N(Cc2cc(Cl)cc(Cl)c2)C[C@H]1c1ccccc1. The molecular formula is C24H23Cl2FN2O. The number of anilines is 2. The monoisotopic (exact) mass is 444 g/mol. The summed E-state index contributed by atoms with van der Waals surface area (Å²) in [5.74, 6) is 0. The van der Waals surface area contributed by atoms with Gasteiger partial charge in [0.25, 0.3) is 0 Å². The van der Waals surface area contributed by atoms with E-state index < -0.39 is 12.8 Å². The molecule has 0 radical (unpaired) electrons. The first-order valence-corrected chi connectivity index (χ1v) is 10.7. The van der Waals surface area contributed by atoms with Crippen molar-refractivity contribution in [3.05, 3.63) is 94.0 Å². The number of nitrogens with zero attached hydrogens (tertiary/aromatic N) is 2. The first kappa shape index (κ1) is 21.0. The van der Waals surface area contributed by atoms with Gasteiger partial charge in [-0.15, -0.1) is 0 Å². The van der Waals surface area contributed by atoms with Crippen molar-refractivity contribution in [3.8, 4) is 0 Å². The van der Waals surface area contributed by atoms with Gasteiger partial charge in [0.1, 0.15) is 6.67 Å². The van der Waals surface area contributed by atoms with Crippen LogP contribution in [0.4, 0.5) is 15.8 Å². The number of β-amino-alcohol motifs (C(OH)–C–C–N with tert-alkyl or cyclic N) is 1. The zero-order valence-corrected chi connectivity index (χ0v) is 17.9. The van der Waals surface area contributed by atoms with E-state index >= 15 is 0 Å². The molecule has 1 aliphatic heterocycles. The fourth-order valence-electron chi connectivity index (χ4n) is 4.08. The second-order valence-electron chi connectivity index (χ2n) is 7.53. The van der Waals surface area contributed by atoms with Crippen LogP contribution >= 0.6 is 23.2 Å². The summed E-state index contributed by atoms with van der Waals surface area (Å²) in [6.07, 6.45) is -1.04. The van der Waals surface area contributed by atoms with Crippen LogP contribution in [0.3, 0.4) is 0 Å². The van der Waals surface area contributed by atoms with E-state index in [4.69, 9.17) is 23.2 Å². The van der Waals surface area contributed by atoms with Gasteiger partial charge in [-0.3, -0.25) is 0 Å². The molecule has 0 aliphatic carbocycles. The Morgan fingerprint density at radius 1 is 0.933 bits per heavy atom. The normalized spacial score (nSPS) is 17.0. The molecular weight excluding hydrogens is 422 g/mol. The van der Waals surface area contributed by atoms with Gasteiger partial charge in [-0.1, -0.05) is 65.7 Å². The van der Waals surface area contributed by atoms with Gasteiger partial charge in [0, 0.05) is 29.7 Å². The second-order valence-corrected chi connectivity index (χ2v) is 8.41. The van der Waals surface area contributed by atoms with Crippen molar-refractivity contribution in [1.82, 2.24) is 0 Å². The van der Waals surface area contributed by atoms with E-state index in [0.717, 1.165) is 22.5 Å². The van der Waals surface area contributed by atoms with Crippen LogP contribution in [0, 0.1) is 0 Å². The van der Waals surface area contributed by atoms with Crippen LogP contribution in [0.25, 0.3) is 0 Å². The fourth-order valence-corrected chi connectivity index (χ4v) is 4.65. The average molecular weight is 445 g/mol. The Balaban J connectivity index is 1.75. The molecule has 156 valence electrons. The van der Waals surface area contributed by atoms with Gasteiger partial charge >= 0.3 is 0 Å². The maximum Gasteiger partial charge on any atom is 0.117 e. The summed E-state index contributed by atoms with van der Waals surface area (Å²) in [5, 5.41) is 11.3. The predicted octanol–water partition coefficient (Wildman–Crippen LogP) is 5.89. The number of benzene rings is 3. The number of aliphatic hydroxyl groups excluding tert-OH is 1. The highest BCUT2D eigenvalue weighted by Gasteiger charge is 2.32. The van der Waals surface area contributed by atoms with Crippen LogP contribution < -0.4 is 9.80 Å². The Bertz CT molecular complexity index is 981. The van der Waals surface area contributed by atoms with E-state index in [1.54, 1.807) is 6.07 Å². The van der Waals surface area contributed by atoms with Crippen molar-refractivity contribution in [2.75, 3.05) is 29.6 Å². The number of hydrogen-bond donors (Lipinski definition) is 1. The number of aliphatic hydroxyl groups is 1. The quantitative estimate of drug-likeness (QED) is 0.513. The molecule has 1 aliphatic rings. The maximum absolute atomic E-state index is 13.2. The summed E-state index contributed by atoms with van der Waals surface area (Å²) in [7, 11) is 0. The topological polar surface area (TPSA) is 26.7 Å². The van der Waals surface area contributed by atoms with Gasteiger partial charge in [-0.25, -0.2) is 4.39 Å². The van der Waals surface area contributed by atoms with Gasteiger partial charge in [0.15, 0.2) is 0 Å². The Morgan fingerprint density at radius 2 is 1.57 bits per heavy atom. The Morgan fingerprint density at radius 3 is 2.23 bits per heavy atom. The molecule has 0 saturated heterocycles. The fraction of sp³-hybridized carbons (Fsp3) is 0.250. The lowest BCUT2D eigenvalue weighted by molar-refractivity contribution is 0.142. The largest absolute Gasteiger partial charge is 0.389 e. The third-order valence-corrected chi connectivity index (χ3v) is 5.80. The lowest BCUT2D eigenvalue weighted by Gasteiger charge is -2.45. The van der Waals surface area contributed by atoms with Crippen molar-refractivity contribution in [2.24, 2.45) is 0 Å². The van der Waals surface area contributed by atoms with E-state index in [0.29, 0.717) is 23.1 Å². The van der Waals surface area contributed by atoms with Gasteiger partial charge in [0.05, 0.1) is 23.5 Å². The van der Waals surface area contributed by atoms with Crippen LogP contribution in [-0.2, 0) is 6.54 Å². The summed E-state index contributed by atoms with van der Waals surface area (Å²) in [4.78, 5) is 4.39. The van der Waals surface area contributed by atoms with Crippen molar-refractivity contribution in [3.63, 3.8) is 0 Å². The molecule has 30 heavy (non-hydrogen) atoms. The smallest absolute Gasteiger partial charge is 0.117 e. The van der Waals surface area contributed by atoms with Crippen molar-refractivity contribution >= 4 is 34.6 Å². The number of rotatable bonds is 6. The van der Waals surface area contributed by atoms with Gasteiger partial charge in [-0.05, 0) is 41.5 Å². The van der Waals surface area contributed by atoms with E-state index in [-0.39, 0.29) is 12.6 Å². The van der Waals surface area contributed by atoms with E-state index in [2.05, 4.69) is 28.0 Å². The zero-order valence-electron chi connectivity index (χ0n) is 16.4. The second kappa shape index (κ2) is 9.25. The molecule has 0 fully saturated rings. The number of fused-ring (bicyclic) bond motifs is 1. The molecule has 0 spiro atoms. The van der Waals surface area contributed by atoms with Gasteiger partial charge < -0.3 is 14.9 Å². The predicted molar refractivity (Wildman–Crippen MR) is 122 cm³/mol. The minimum atomic E-state index is -1.04. The molecule has 6 heteroatoms. The summed E-state index contributed by atoms with van der Waals surface area (Å²) >= 11 is 12.4. The molecule has 1 N–H and O–H groups in total. The van der Waals surface area contributed by atoms with E-state index in [9.17, 15) is 9.50 Å². The van der Waals surface area contributed by atoms with Crippen molar-refractivity contribution < 1.29 is 9.50 Å². The van der Waals surface area contributed by atoms with Gasteiger partial charge in [-0.2, -0.15) is 0 Å². The highest BCUT2D eigenvalue weighted by Crippen LogP contribution is 2.41. The molecule has 0 bridgehead atoms. The third-order valence-electron chi connectivity index (χ3n) is 5.37. The van der Waals surface area contributed by atoms with Crippen LogP contribution in [0.15, 0.2) is 72.8 Å². The first-order chi connectivity index (χ1) is 14.5. The molecule has 1 heterocycles.